The van der Waals surface area contributed by atoms with Crippen molar-refractivity contribution < 1.29 is 19.0 Å². The Morgan fingerprint density at radius 2 is 2.25 bits per heavy atom. The van der Waals surface area contributed by atoms with E-state index in [2.05, 4.69) is 9.97 Å². The van der Waals surface area contributed by atoms with Gasteiger partial charge in [0.25, 0.3) is 5.56 Å². The normalized spacial score (nSPS) is 10.3. The van der Waals surface area contributed by atoms with Gasteiger partial charge < -0.3 is 14.8 Å². The van der Waals surface area contributed by atoms with Crippen LogP contribution in [-0.4, -0.2) is 21.0 Å². The molecule has 20 heavy (non-hydrogen) atoms. The van der Waals surface area contributed by atoms with Crippen molar-refractivity contribution in [3.8, 4) is 5.75 Å². The molecular weight excluding hydrogens is 291 g/mol. The Balaban J connectivity index is 2.11. The summed E-state index contributed by atoms with van der Waals surface area (Å²) < 4.78 is 18.2. The van der Waals surface area contributed by atoms with Gasteiger partial charge in [-0.2, -0.15) is 0 Å². The molecule has 1 heterocycles. The number of nitrogens with zero attached hydrogens (tertiary/aromatic N) is 1. The fourth-order valence-electron chi connectivity index (χ4n) is 1.38. The van der Waals surface area contributed by atoms with Crippen molar-refractivity contribution >= 4 is 17.6 Å². The van der Waals surface area contributed by atoms with Gasteiger partial charge in [-0.05, 0) is 12.1 Å². The first-order valence-electron chi connectivity index (χ1n) is 5.36. The number of ether oxygens (including phenoxy) is 1. The van der Waals surface area contributed by atoms with E-state index in [9.17, 15) is 14.0 Å². The van der Waals surface area contributed by atoms with Gasteiger partial charge in [0.05, 0.1) is 5.02 Å². The number of hydrogen-bond acceptors (Lipinski definition) is 4. The minimum Gasteiger partial charge on any atom is -0.486 e. The van der Waals surface area contributed by atoms with E-state index < -0.39 is 22.9 Å². The van der Waals surface area contributed by atoms with E-state index in [0.717, 1.165) is 12.3 Å². The molecule has 104 valence electrons. The summed E-state index contributed by atoms with van der Waals surface area (Å²) in [5, 5.41) is 8.59. The van der Waals surface area contributed by atoms with E-state index in [1.54, 1.807) is 0 Å². The van der Waals surface area contributed by atoms with Crippen LogP contribution in [0.25, 0.3) is 0 Å². The highest BCUT2D eigenvalue weighted by molar-refractivity contribution is 6.30. The second kappa shape index (κ2) is 5.70. The van der Waals surface area contributed by atoms with E-state index in [1.807, 2.05) is 0 Å². The molecule has 2 N–H and O–H groups in total. The van der Waals surface area contributed by atoms with Crippen molar-refractivity contribution in [3.05, 3.63) is 57.0 Å². The van der Waals surface area contributed by atoms with Gasteiger partial charge in [-0.25, -0.2) is 14.2 Å². The number of halogens is 2. The van der Waals surface area contributed by atoms with Gasteiger partial charge in [0.2, 0.25) is 0 Å². The lowest BCUT2D eigenvalue weighted by molar-refractivity contribution is 0.0694. The van der Waals surface area contributed by atoms with Gasteiger partial charge in [0, 0.05) is 12.3 Å². The Bertz CT molecular complexity index is 717. The summed E-state index contributed by atoms with van der Waals surface area (Å²) in [6.45, 7) is -0.114. The highest BCUT2D eigenvalue weighted by atomic mass is 35.5. The molecule has 1 aromatic carbocycles. The number of carbonyl (C=O) groups is 1. The largest absolute Gasteiger partial charge is 0.486 e. The Kier molecular flexibility index (Phi) is 3.99. The number of carboxylic acid groups (broad SMARTS) is 1. The smallest absolute Gasteiger partial charge is 0.342 e. The number of rotatable bonds is 4. The number of H-pyrrole nitrogens is 1. The number of aromatic carboxylic acids is 1. The molecule has 2 aromatic rings. The van der Waals surface area contributed by atoms with Crippen LogP contribution in [0.2, 0.25) is 5.02 Å². The van der Waals surface area contributed by atoms with Crippen molar-refractivity contribution in [2.75, 3.05) is 0 Å². The number of aromatic nitrogens is 2. The minimum atomic E-state index is -1.36. The molecule has 0 aliphatic heterocycles. The molecule has 0 amide bonds. The van der Waals surface area contributed by atoms with Crippen LogP contribution in [0.15, 0.2) is 29.2 Å². The third-order valence-corrected chi connectivity index (χ3v) is 2.64. The first kappa shape index (κ1) is 14.0. The van der Waals surface area contributed by atoms with Crippen molar-refractivity contribution in [1.82, 2.24) is 9.97 Å². The highest BCUT2D eigenvalue weighted by Crippen LogP contribution is 2.21. The number of nitrogens with one attached hydrogen (secondary N) is 1. The maximum Gasteiger partial charge on any atom is 0.342 e. The molecule has 0 atom stereocenters. The molecule has 0 saturated heterocycles. The molecule has 0 fully saturated rings. The molecule has 0 spiro atoms. The average molecular weight is 299 g/mol. The quantitative estimate of drug-likeness (QED) is 0.898. The summed E-state index contributed by atoms with van der Waals surface area (Å²) in [4.78, 5) is 28.1. The first-order chi connectivity index (χ1) is 9.47. The lowest BCUT2D eigenvalue weighted by Crippen LogP contribution is -2.20. The molecule has 0 aliphatic carbocycles. The van der Waals surface area contributed by atoms with Crippen LogP contribution in [0.5, 0.6) is 5.75 Å². The zero-order chi connectivity index (χ0) is 14.7. The third-order valence-electron chi connectivity index (χ3n) is 2.35. The molecule has 0 saturated carbocycles. The monoisotopic (exact) mass is 298 g/mol. The standard InChI is InChI=1S/C12H8ClFN2O4/c13-8-3-6(1-2-9(8)14)20-5-10-15-4-7(12(18)19)11(17)16-10/h1-4H,5H2,(H,18,19)(H,15,16,17). The van der Waals surface area contributed by atoms with Gasteiger partial charge >= 0.3 is 5.97 Å². The molecule has 2 rings (SSSR count). The van der Waals surface area contributed by atoms with Crippen molar-refractivity contribution in [1.29, 1.82) is 0 Å². The van der Waals surface area contributed by atoms with Crippen LogP contribution in [0, 0.1) is 5.82 Å². The summed E-state index contributed by atoms with van der Waals surface area (Å²) in [5.74, 6) is -1.50. The van der Waals surface area contributed by atoms with Gasteiger partial charge in [-0.15, -0.1) is 0 Å². The third kappa shape index (κ3) is 3.12. The maximum absolute atomic E-state index is 12.9. The molecule has 0 radical (unpaired) electrons. The number of hydrogen-bond donors (Lipinski definition) is 2. The Labute approximate surface area is 116 Å². The average Bonchev–Trinajstić information content (AvgIpc) is 2.40. The van der Waals surface area contributed by atoms with E-state index >= 15 is 0 Å². The van der Waals surface area contributed by atoms with E-state index in [0.29, 0.717) is 5.75 Å². The zero-order valence-corrected chi connectivity index (χ0v) is 10.6. The van der Waals surface area contributed by atoms with Crippen molar-refractivity contribution in [3.63, 3.8) is 0 Å². The van der Waals surface area contributed by atoms with E-state index in [-0.39, 0.29) is 17.5 Å². The fourth-order valence-corrected chi connectivity index (χ4v) is 1.55. The Morgan fingerprint density at radius 3 is 2.85 bits per heavy atom. The summed E-state index contributed by atoms with van der Waals surface area (Å²) >= 11 is 5.58. The van der Waals surface area contributed by atoms with Crippen molar-refractivity contribution in [2.45, 2.75) is 6.61 Å². The van der Waals surface area contributed by atoms with Crippen LogP contribution in [-0.2, 0) is 6.61 Å². The topological polar surface area (TPSA) is 92.3 Å². The predicted octanol–water partition coefficient (Wildman–Crippen LogP) is 1.84. The van der Waals surface area contributed by atoms with Crippen LogP contribution in [0.4, 0.5) is 4.39 Å². The van der Waals surface area contributed by atoms with Crippen LogP contribution < -0.4 is 10.3 Å². The maximum atomic E-state index is 12.9. The van der Waals surface area contributed by atoms with E-state index in [4.69, 9.17) is 21.4 Å². The molecule has 6 nitrogen and oxygen atoms in total. The fraction of sp³-hybridized carbons (Fsp3) is 0.0833. The number of benzene rings is 1. The zero-order valence-electron chi connectivity index (χ0n) is 9.89. The summed E-state index contributed by atoms with van der Waals surface area (Å²) in [6, 6.07) is 3.78. The van der Waals surface area contributed by atoms with Crippen molar-refractivity contribution in [2.24, 2.45) is 0 Å². The van der Waals surface area contributed by atoms with Gasteiger partial charge in [0.1, 0.15) is 29.6 Å². The molecule has 1 aromatic heterocycles. The summed E-state index contributed by atoms with van der Waals surface area (Å²) in [7, 11) is 0. The highest BCUT2D eigenvalue weighted by Gasteiger charge is 2.10. The first-order valence-corrected chi connectivity index (χ1v) is 5.74. The summed E-state index contributed by atoms with van der Waals surface area (Å²) in [5.41, 5.74) is -1.23. The van der Waals surface area contributed by atoms with Crippen LogP contribution in [0.1, 0.15) is 16.2 Å². The van der Waals surface area contributed by atoms with Gasteiger partial charge in [-0.3, -0.25) is 4.79 Å². The van der Waals surface area contributed by atoms with Gasteiger partial charge in [0.15, 0.2) is 0 Å². The SMILES string of the molecule is O=C(O)c1cnc(COc2ccc(F)c(Cl)c2)[nH]c1=O. The predicted molar refractivity (Wildman–Crippen MR) is 67.6 cm³/mol. The second-order valence-electron chi connectivity index (χ2n) is 3.74. The lowest BCUT2D eigenvalue weighted by Gasteiger charge is -2.06. The molecule has 0 unspecified atom stereocenters. The molecule has 0 aliphatic rings. The summed E-state index contributed by atoms with van der Waals surface area (Å²) in [6.07, 6.45) is 0.942. The minimum absolute atomic E-state index is 0.0924. The molecule has 0 bridgehead atoms. The van der Waals surface area contributed by atoms with Gasteiger partial charge in [-0.1, -0.05) is 11.6 Å². The Hall–Kier alpha value is -2.41. The van der Waals surface area contributed by atoms with Crippen LogP contribution >= 0.6 is 11.6 Å². The number of carboxylic acids is 1. The van der Waals surface area contributed by atoms with E-state index in [1.165, 1.54) is 12.1 Å². The Morgan fingerprint density at radius 1 is 1.50 bits per heavy atom. The second-order valence-corrected chi connectivity index (χ2v) is 4.15. The lowest BCUT2D eigenvalue weighted by atomic mass is 10.3. The van der Waals surface area contributed by atoms with Crippen LogP contribution in [0.3, 0.4) is 0 Å². The number of aromatic amines is 1. The molecular formula is C12H8ClFN2O4. The molecule has 8 heteroatoms.